The normalized spacial score (nSPS) is 11.5. The second kappa shape index (κ2) is 7.05. The van der Waals surface area contributed by atoms with Crippen LogP contribution in [0.15, 0.2) is 47.0 Å². The van der Waals surface area contributed by atoms with E-state index < -0.39 is 0 Å². The van der Waals surface area contributed by atoms with Gasteiger partial charge in [-0.2, -0.15) is 14.9 Å². The lowest BCUT2D eigenvalue weighted by atomic mass is 10.1. The minimum Gasteiger partial charge on any atom is -0.294 e. The summed E-state index contributed by atoms with van der Waals surface area (Å²) in [7, 11) is 0. The van der Waals surface area contributed by atoms with E-state index in [4.69, 9.17) is 12.2 Å². The summed E-state index contributed by atoms with van der Waals surface area (Å²) >= 11 is 6.97. The molecule has 3 aromatic heterocycles. The van der Waals surface area contributed by atoms with Gasteiger partial charge < -0.3 is 0 Å². The minimum absolute atomic E-state index is 0.454. The highest BCUT2D eigenvalue weighted by molar-refractivity contribution is 7.71. The van der Waals surface area contributed by atoms with E-state index in [2.05, 4.69) is 51.7 Å². The predicted octanol–water partition coefficient (Wildman–Crippen LogP) is 4.66. The van der Waals surface area contributed by atoms with Gasteiger partial charge in [0.05, 0.1) is 6.21 Å². The Balaban J connectivity index is 1.73. The fourth-order valence-corrected chi connectivity index (χ4v) is 3.88. The number of thiazole rings is 1. The standard InChI is InChI=1S/C19H18N6S2/c1-12-4-6-15(7-5-12)17-22-23-18(26)25(17)21-11-16-10-13(2)24(14(16)3)19-20-8-9-27-19/h4-11H,1-3H3,(H,23,26)/b21-11-. The SMILES string of the molecule is Cc1ccc(-c2n[nH]c(=S)n2/N=C\c2cc(C)n(-c3nccs3)c2C)cc1. The van der Waals surface area contributed by atoms with E-state index in [1.807, 2.05) is 42.1 Å². The van der Waals surface area contributed by atoms with Crippen LogP contribution in [0.25, 0.3) is 16.5 Å². The molecule has 0 aliphatic heterocycles. The van der Waals surface area contributed by atoms with Crippen molar-refractivity contribution in [2.45, 2.75) is 20.8 Å². The van der Waals surface area contributed by atoms with Gasteiger partial charge in [0.25, 0.3) is 0 Å². The highest BCUT2D eigenvalue weighted by atomic mass is 32.1. The topological polar surface area (TPSA) is 63.8 Å². The zero-order valence-electron chi connectivity index (χ0n) is 15.2. The molecule has 4 aromatic rings. The van der Waals surface area contributed by atoms with Crippen molar-refractivity contribution < 1.29 is 0 Å². The summed E-state index contributed by atoms with van der Waals surface area (Å²) in [6, 6.07) is 10.2. The predicted molar refractivity (Wildman–Crippen MR) is 111 cm³/mol. The summed E-state index contributed by atoms with van der Waals surface area (Å²) in [5.41, 5.74) is 5.35. The third-order valence-corrected chi connectivity index (χ3v) is 5.37. The lowest BCUT2D eigenvalue weighted by molar-refractivity contribution is 0.871. The molecule has 0 aliphatic carbocycles. The Morgan fingerprint density at radius 3 is 2.67 bits per heavy atom. The van der Waals surface area contributed by atoms with Crippen molar-refractivity contribution in [1.82, 2.24) is 24.4 Å². The maximum absolute atomic E-state index is 5.36. The van der Waals surface area contributed by atoms with Gasteiger partial charge in [0.15, 0.2) is 11.0 Å². The van der Waals surface area contributed by atoms with Crippen LogP contribution in [0.1, 0.15) is 22.5 Å². The molecule has 0 bridgehead atoms. The molecule has 0 amide bonds. The monoisotopic (exact) mass is 394 g/mol. The molecule has 3 heterocycles. The number of rotatable bonds is 4. The summed E-state index contributed by atoms with van der Waals surface area (Å²) in [4.78, 5) is 4.41. The highest BCUT2D eigenvalue weighted by Gasteiger charge is 2.12. The van der Waals surface area contributed by atoms with E-state index in [1.165, 1.54) is 5.56 Å². The molecule has 0 unspecified atom stereocenters. The maximum Gasteiger partial charge on any atom is 0.216 e. The van der Waals surface area contributed by atoms with Gasteiger partial charge in [0.2, 0.25) is 4.77 Å². The van der Waals surface area contributed by atoms with Crippen molar-refractivity contribution in [1.29, 1.82) is 0 Å². The molecule has 6 nitrogen and oxygen atoms in total. The van der Waals surface area contributed by atoms with Crippen LogP contribution in [0.5, 0.6) is 0 Å². The first kappa shape index (κ1) is 17.6. The first-order chi connectivity index (χ1) is 13.0. The Morgan fingerprint density at radius 1 is 1.19 bits per heavy atom. The molecule has 0 fully saturated rings. The van der Waals surface area contributed by atoms with Crippen LogP contribution in [0.4, 0.5) is 0 Å². The largest absolute Gasteiger partial charge is 0.294 e. The molecule has 0 spiro atoms. The first-order valence-corrected chi connectivity index (χ1v) is 9.71. The number of nitrogens with one attached hydrogen (secondary N) is 1. The van der Waals surface area contributed by atoms with E-state index in [9.17, 15) is 0 Å². The number of hydrogen-bond acceptors (Lipinski definition) is 5. The zero-order chi connectivity index (χ0) is 19.0. The van der Waals surface area contributed by atoms with E-state index in [-0.39, 0.29) is 0 Å². The average molecular weight is 395 g/mol. The fourth-order valence-electron chi connectivity index (χ4n) is 2.95. The second-order valence-electron chi connectivity index (χ2n) is 6.25. The Hall–Kier alpha value is -2.84. The molecule has 1 aromatic carbocycles. The summed E-state index contributed by atoms with van der Waals surface area (Å²) in [6.07, 6.45) is 3.63. The van der Waals surface area contributed by atoms with Gasteiger partial charge in [-0.3, -0.25) is 4.57 Å². The second-order valence-corrected chi connectivity index (χ2v) is 7.51. The number of H-pyrrole nitrogens is 1. The third-order valence-electron chi connectivity index (χ3n) is 4.35. The Bertz CT molecular complexity index is 1160. The van der Waals surface area contributed by atoms with Crippen LogP contribution < -0.4 is 0 Å². The van der Waals surface area contributed by atoms with Gasteiger partial charge in [0, 0.05) is 34.1 Å². The van der Waals surface area contributed by atoms with Crippen LogP contribution in [-0.2, 0) is 0 Å². The molecular weight excluding hydrogens is 376 g/mol. The molecule has 0 aliphatic rings. The zero-order valence-corrected chi connectivity index (χ0v) is 16.8. The van der Waals surface area contributed by atoms with E-state index in [0.29, 0.717) is 10.6 Å². The van der Waals surface area contributed by atoms with E-state index in [0.717, 1.165) is 27.6 Å². The molecule has 0 saturated carbocycles. The van der Waals surface area contributed by atoms with Gasteiger partial charge in [-0.25, -0.2) is 10.1 Å². The van der Waals surface area contributed by atoms with Crippen molar-refractivity contribution >= 4 is 29.8 Å². The summed E-state index contributed by atoms with van der Waals surface area (Å²) in [5.74, 6) is 0.685. The molecule has 136 valence electrons. The van der Waals surface area contributed by atoms with Gasteiger partial charge in [-0.05, 0) is 39.1 Å². The number of nitrogens with zero attached hydrogens (tertiary/aromatic N) is 5. The Morgan fingerprint density at radius 2 is 1.96 bits per heavy atom. The summed E-state index contributed by atoms with van der Waals surface area (Å²) in [6.45, 7) is 6.18. The summed E-state index contributed by atoms with van der Waals surface area (Å²) in [5, 5.41) is 14.7. The number of benzene rings is 1. The number of aryl methyl sites for hydroxylation is 2. The maximum atomic E-state index is 5.36. The molecule has 8 heteroatoms. The first-order valence-electron chi connectivity index (χ1n) is 8.42. The Kier molecular flexibility index (Phi) is 4.59. The smallest absolute Gasteiger partial charge is 0.216 e. The quantitative estimate of drug-likeness (QED) is 0.404. The van der Waals surface area contributed by atoms with Gasteiger partial charge in [-0.1, -0.05) is 29.8 Å². The number of aromatic amines is 1. The molecule has 1 N–H and O–H groups in total. The summed E-state index contributed by atoms with van der Waals surface area (Å²) < 4.78 is 4.23. The van der Waals surface area contributed by atoms with Crippen LogP contribution in [-0.4, -0.2) is 30.6 Å². The van der Waals surface area contributed by atoms with Crippen molar-refractivity contribution in [3.63, 3.8) is 0 Å². The van der Waals surface area contributed by atoms with E-state index >= 15 is 0 Å². The molecule has 0 radical (unpaired) electrons. The molecule has 0 atom stereocenters. The van der Waals surface area contributed by atoms with Crippen molar-refractivity contribution in [2.24, 2.45) is 5.10 Å². The van der Waals surface area contributed by atoms with Crippen molar-refractivity contribution in [3.8, 4) is 16.5 Å². The van der Waals surface area contributed by atoms with Crippen LogP contribution in [0, 0.1) is 25.5 Å². The average Bonchev–Trinajstić information content (AvgIpc) is 3.35. The number of hydrogen-bond donors (Lipinski definition) is 1. The highest BCUT2D eigenvalue weighted by Crippen LogP contribution is 2.22. The van der Waals surface area contributed by atoms with Gasteiger partial charge in [-0.15, -0.1) is 11.3 Å². The molecule has 0 saturated heterocycles. The van der Waals surface area contributed by atoms with Gasteiger partial charge >= 0.3 is 0 Å². The lowest BCUT2D eigenvalue weighted by Gasteiger charge is -2.04. The van der Waals surface area contributed by atoms with Crippen LogP contribution in [0.3, 0.4) is 0 Å². The van der Waals surface area contributed by atoms with Gasteiger partial charge in [0.1, 0.15) is 0 Å². The fraction of sp³-hybridized carbons (Fsp3) is 0.158. The van der Waals surface area contributed by atoms with Crippen LogP contribution in [0.2, 0.25) is 0 Å². The molecule has 27 heavy (non-hydrogen) atoms. The minimum atomic E-state index is 0.454. The Labute approximate surface area is 165 Å². The molecular formula is C19H18N6S2. The van der Waals surface area contributed by atoms with Crippen molar-refractivity contribution in [2.75, 3.05) is 0 Å². The van der Waals surface area contributed by atoms with Crippen molar-refractivity contribution in [3.05, 3.63) is 69.2 Å². The third kappa shape index (κ3) is 3.29. The lowest BCUT2D eigenvalue weighted by Crippen LogP contribution is -1.99. The number of aromatic nitrogens is 5. The molecule has 4 rings (SSSR count). The van der Waals surface area contributed by atoms with Crippen LogP contribution >= 0.6 is 23.6 Å². The van der Waals surface area contributed by atoms with E-state index in [1.54, 1.807) is 16.0 Å².